The highest BCUT2D eigenvalue weighted by atomic mass is 35.5. The molecule has 0 aromatic heterocycles. The minimum absolute atomic E-state index is 0. The molecule has 0 bridgehead atoms. The van der Waals surface area contributed by atoms with E-state index in [0.29, 0.717) is 13.0 Å². The van der Waals surface area contributed by atoms with Gasteiger partial charge in [-0.05, 0) is 25.1 Å². The first kappa shape index (κ1) is 14.9. The number of carbonyl (C=O) groups is 1. The Labute approximate surface area is 103 Å². The molecule has 0 spiro atoms. The van der Waals surface area contributed by atoms with E-state index >= 15 is 0 Å². The maximum Gasteiger partial charge on any atom is 0.225 e. The quantitative estimate of drug-likeness (QED) is 0.831. The summed E-state index contributed by atoms with van der Waals surface area (Å²) in [7, 11) is 1.84. The fourth-order valence-corrected chi connectivity index (χ4v) is 1.40. The fourth-order valence-electron chi connectivity index (χ4n) is 1.40. The van der Waals surface area contributed by atoms with E-state index in [0.717, 1.165) is 12.1 Å². The number of aryl methyl sites for hydroxylation is 1. The zero-order chi connectivity index (χ0) is 11.1. The molecule has 4 heteroatoms. The smallest absolute Gasteiger partial charge is 0.225 e. The van der Waals surface area contributed by atoms with Crippen molar-refractivity contribution in [3.05, 3.63) is 29.8 Å². The molecule has 16 heavy (non-hydrogen) atoms. The maximum atomic E-state index is 11.5. The first-order chi connectivity index (χ1) is 7.27. The Balaban J connectivity index is 0.00000225. The average Bonchev–Trinajstić information content (AvgIpc) is 2.27. The van der Waals surface area contributed by atoms with E-state index in [1.165, 1.54) is 5.56 Å². The highest BCUT2D eigenvalue weighted by Crippen LogP contribution is 2.15. The van der Waals surface area contributed by atoms with Crippen LogP contribution in [-0.2, 0) is 11.2 Å². The molecule has 0 unspecified atom stereocenters. The van der Waals surface area contributed by atoms with Gasteiger partial charge in [0.25, 0.3) is 0 Å². The van der Waals surface area contributed by atoms with E-state index in [9.17, 15) is 4.79 Å². The van der Waals surface area contributed by atoms with E-state index in [4.69, 9.17) is 0 Å². The maximum absolute atomic E-state index is 11.5. The van der Waals surface area contributed by atoms with Crippen molar-refractivity contribution in [2.75, 3.05) is 18.9 Å². The molecule has 0 aliphatic carbocycles. The average molecular weight is 243 g/mol. The minimum atomic E-state index is 0. The molecule has 0 heterocycles. The summed E-state index contributed by atoms with van der Waals surface area (Å²) in [5, 5.41) is 5.87. The molecule has 0 fully saturated rings. The van der Waals surface area contributed by atoms with Crippen LogP contribution in [0.2, 0.25) is 0 Å². The molecule has 0 saturated carbocycles. The first-order valence-electron chi connectivity index (χ1n) is 5.30. The van der Waals surface area contributed by atoms with E-state index in [1.54, 1.807) is 0 Å². The second-order valence-corrected chi connectivity index (χ2v) is 3.41. The molecule has 1 aromatic rings. The molecule has 1 amide bonds. The van der Waals surface area contributed by atoms with Crippen molar-refractivity contribution in [3.63, 3.8) is 0 Å². The molecule has 0 saturated heterocycles. The zero-order valence-electron chi connectivity index (χ0n) is 9.75. The number of hydrogen-bond donors (Lipinski definition) is 2. The van der Waals surface area contributed by atoms with Crippen molar-refractivity contribution in [2.24, 2.45) is 0 Å². The second kappa shape index (κ2) is 8.13. The van der Waals surface area contributed by atoms with Crippen molar-refractivity contribution in [2.45, 2.75) is 19.8 Å². The van der Waals surface area contributed by atoms with Crippen molar-refractivity contribution < 1.29 is 4.79 Å². The number of para-hydroxylation sites is 1. The predicted octanol–water partition coefficient (Wildman–Crippen LogP) is 2.22. The summed E-state index contributed by atoms with van der Waals surface area (Å²) in [4.78, 5) is 11.5. The predicted molar refractivity (Wildman–Crippen MR) is 70.2 cm³/mol. The van der Waals surface area contributed by atoms with E-state index < -0.39 is 0 Å². The Morgan fingerprint density at radius 3 is 2.62 bits per heavy atom. The molecule has 0 aliphatic rings. The summed E-state index contributed by atoms with van der Waals surface area (Å²) >= 11 is 0. The summed E-state index contributed by atoms with van der Waals surface area (Å²) in [5.74, 6) is 0.0604. The van der Waals surface area contributed by atoms with Crippen LogP contribution in [0, 0.1) is 0 Å². The van der Waals surface area contributed by atoms with Gasteiger partial charge in [0.2, 0.25) is 5.91 Å². The summed E-state index contributed by atoms with van der Waals surface area (Å²) in [6.45, 7) is 2.79. The lowest BCUT2D eigenvalue weighted by Crippen LogP contribution is -2.19. The number of halogens is 1. The van der Waals surface area contributed by atoms with Gasteiger partial charge in [-0.1, -0.05) is 25.1 Å². The van der Waals surface area contributed by atoms with Crippen LogP contribution in [0.1, 0.15) is 18.9 Å². The van der Waals surface area contributed by atoms with Crippen LogP contribution in [0.3, 0.4) is 0 Å². The van der Waals surface area contributed by atoms with E-state index in [2.05, 4.69) is 17.6 Å². The third-order valence-corrected chi connectivity index (χ3v) is 2.27. The molecule has 3 nitrogen and oxygen atoms in total. The number of hydrogen-bond acceptors (Lipinski definition) is 2. The van der Waals surface area contributed by atoms with E-state index in [-0.39, 0.29) is 18.3 Å². The lowest BCUT2D eigenvalue weighted by molar-refractivity contribution is -0.116. The Morgan fingerprint density at radius 2 is 2.00 bits per heavy atom. The van der Waals surface area contributed by atoms with Crippen molar-refractivity contribution in [1.82, 2.24) is 5.32 Å². The van der Waals surface area contributed by atoms with Gasteiger partial charge in [0.15, 0.2) is 0 Å². The van der Waals surface area contributed by atoms with Gasteiger partial charge in [0.05, 0.1) is 0 Å². The third kappa shape index (κ3) is 4.64. The molecule has 1 aromatic carbocycles. The van der Waals surface area contributed by atoms with Crippen molar-refractivity contribution in [1.29, 1.82) is 0 Å². The SMILES string of the molecule is CCc1ccccc1NC(=O)CCNC.Cl. The molecule has 2 N–H and O–H groups in total. The molecule has 0 atom stereocenters. The Hall–Kier alpha value is -1.06. The lowest BCUT2D eigenvalue weighted by atomic mass is 10.1. The third-order valence-electron chi connectivity index (χ3n) is 2.27. The molecule has 0 radical (unpaired) electrons. The van der Waals surface area contributed by atoms with Crippen molar-refractivity contribution >= 4 is 24.0 Å². The first-order valence-corrected chi connectivity index (χ1v) is 5.30. The molecular weight excluding hydrogens is 224 g/mol. The monoisotopic (exact) mass is 242 g/mol. The number of anilines is 1. The van der Waals surface area contributed by atoms with Gasteiger partial charge in [0.1, 0.15) is 0 Å². The Bertz CT molecular complexity index is 329. The van der Waals surface area contributed by atoms with Gasteiger partial charge >= 0.3 is 0 Å². The van der Waals surface area contributed by atoms with Crippen LogP contribution in [0.25, 0.3) is 0 Å². The minimum Gasteiger partial charge on any atom is -0.326 e. The number of rotatable bonds is 5. The van der Waals surface area contributed by atoms with Gasteiger partial charge in [-0.3, -0.25) is 4.79 Å². The summed E-state index contributed by atoms with van der Waals surface area (Å²) in [6.07, 6.45) is 1.44. The summed E-state index contributed by atoms with van der Waals surface area (Å²) in [5.41, 5.74) is 2.11. The van der Waals surface area contributed by atoms with Gasteiger partial charge in [0, 0.05) is 18.7 Å². The van der Waals surface area contributed by atoms with Gasteiger partial charge < -0.3 is 10.6 Å². The van der Waals surface area contributed by atoms with Crippen molar-refractivity contribution in [3.8, 4) is 0 Å². The van der Waals surface area contributed by atoms with Crippen LogP contribution in [0.15, 0.2) is 24.3 Å². The standard InChI is InChI=1S/C12H18N2O.ClH/c1-3-10-6-4-5-7-11(10)14-12(15)8-9-13-2;/h4-7,13H,3,8-9H2,1-2H3,(H,14,15);1H. The van der Waals surface area contributed by atoms with Crippen LogP contribution in [0.4, 0.5) is 5.69 Å². The highest BCUT2D eigenvalue weighted by molar-refractivity contribution is 5.91. The Morgan fingerprint density at radius 1 is 1.31 bits per heavy atom. The van der Waals surface area contributed by atoms with Gasteiger partial charge in [-0.2, -0.15) is 0 Å². The van der Waals surface area contributed by atoms with Gasteiger partial charge in [-0.25, -0.2) is 0 Å². The summed E-state index contributed by atoms with van der Waals surface area (Å²) in [6, 6.07) is 7.90. The molecule has 0 aliphatic heterocycles. The van der Waals surface area contributed by atoms with Gasteiger partial charge in [-0.15, -0.1) is 12.4 Å². The highest BCUT2D eigenvalue weighted by Gasteiger charge is 2.04. The van der Waals surface area contributed by atoms with Crippen LogP contribution in [-0.4, -0.2) is 19.5 Å². The Kier molecular flexibility index (Phi) is 7.60. The largest absolute Gasteiger partial charge is 0.326 e. The van der Waals surface area contributed by atoms with Crippen LogP contribution in [0.5, 0.6) is 0 Å². The molecule has 90 valence electrons. The topological polar surface area (TPSA) is 41.1 Å². The number of benzene rings is 1. The normalized spacial score (nSPS) is 9.38. The fraction of sp³-hybridized carbons (Fsp3) is 0.417. The molecule has 1 rings (SSSR count). The second-order valence-electron chi connectivity index (χ2n) is 3.41. The lowest BCUT2D eigenvalue weighted by Gasteiger charge is -2.09. The van der Waals surface area contributed by atoms with Crippen LogP contribution < -0.4 is 10.6 Å². The zero-order valence-corrected chi connectivity index (χ0v) is 10.6. The molecular formula is C12H19ClN2O. The number of nitrogens with one attached hydrogen (secondary N) is 2. The van der Waals surface area contributed by atoms with Crippen LogP contribution >= 0.6 is 12.4 Å². The van der Waals surface area contributed by atoms with E-state index in [1.807, 2.05) is 31.3 Å². The number of amides is 1. The number of carbonyl (C=O) groups excluding carboxylic acids is 1. The summed E-state index contributed by atoms with van der Waals surface area (Å²) < 4.78 is 0.